The van der Waals surface area contributed by atoms with Gasteiger partial charge in [0.2, 0.25) is 0 Å². The van der Waals surface area contributed by atoms with Crippen molar-refractivity contribution >= 4 is 11.6 Å². The molecule has 0 aliphatic carbocycles. The third kappa shape index (κ3) is 6.06. The van der Waals surface area contributed by atoms with Crippen LogP contribution < -0.4 is 5.32 Å². The molecule has 0 saturated heterocycles. The summed E-state index contributed by atoms with van der Waals surface area (Å²) in [5.41, 5.74) is 1.28. The smallest absolute Gasteiger partial charge is 0.0717 e. The molecule has 1 aromatic carbocycles. The molecule has 0 spiro atoms. The molecule has 1 N–H and O–H groups in total. The van der Waals surface area contributed by atoms with Crippen molar-refractivity contribution in [1.82, 2.24) is 5.32 Å². The molecule has 17 heavy (non-hydrogen) atoms. The molecule has 0 fully saturated rings. The van der Waals surface area contributed by atoms with Gasteiger partial charge in [0.05, 0.1) is 13.2 Å². The fraction of sp³-hybridized carbons (Fsp3) is 0.571. The standard InChI is InChI=1S/C14H22ClNO/c1-4-16-10-14(2,3)11-17-9-12-6-5-7-13(15)8-12/h5-8,16H,4,9-11H2,1-3H3. The first kappa shape index (κ1) is 14.5. The highest BCUT2D eigenvalue weighted by atomic mass is 35.5. The van der Waals surface area contributed by atoms with Gasteiger partial charge in [0.1, 0.15) is 0 Å². The number of halogens is 1. The molecule has 0 bridgehead atoms. The van der Waals surface area contributed by atoms with Crippen LogP contribution in [0.3, 0.4) is 0 Å². The Morgan fingerprint density at radius 3 is 2.76 bits per heavy atom. The van der Waals surface area contributed by atoms with E-state index in [2.05, 4.69) is 26.1 Å². The molecule has 0 aliphatic rings. The lowest BCUT2D eigenvalue weighted by Crippen LogP contribution is -2.33. The lowest BCUT2D eigenvalue weighted by molar-refractivity contribution is 0.0515. The summed E-state index contributed by atoms with van der Waals surface area (Å²) in [7, 11) is 0. The van der Waals surface area contributed by atoms with E-state index in [0.29, 0.717) is 6.61 Å². The lowest BCUT2D eigenvalue weighted by atomic mass is 9.95. The van der Waals surface area contributed by atoms with Crippen molar-refractivity contribution < 1.29 is 4.74 Å². The van der Waals surface area contributed by atoms with E-state index in [1.807, 2.05) is 24.3 Å². The van der Waals surface area contributed by atoms with E-state index in [1.54, 1.807) is 0 Å². The summed E-state index contributed by atoms with van der Waals surface area (Å²) in [4.78, 5) is 0. The van der Waals surface area contributed by atoms with Crippen LogP contribution in [-0.4, -0.2) is 19.7 Å². The van der Waals surface area contributed by atoms with Gasteiger partial charge >= 0.3 is 0 Å². The molecule has 0 heterocycles. The van der Waals surface area contributed by atoms with Crippen molar-refractivity contribution in [2.24, 2.45) is 5.41 Å². The molecule has 0 unspecified atom stereocenters. The van der Waals surface area contributed by atoms with Crippen LogP contribution in [0.15, 0.2) is 24.3 Å². The first-order chi connectivity index (χ1) is 8.03. The number of hydrogen-bond donors (Lipinski definition) is 1. The molecule has 0 aliphatic heterocycles. The van der Waals surface area contributed by atoms with Gasteiger partial charge in [-0.25, -0.2) is 0 Å². The maximum atomic E-state index is 5.92. The average Bonchev–Trinajstić information content (AvgIpc) is 2.26. The van der Waals surface area contributed by atoms with Crippen LogP contribution in [0.25, 0.3) is 0 Å². The highest BCUT2D eigenvalue weighted by molar-refractivity contribution is 6.30. The van der Waals surface area contributed by atoms with Crippen molar-refractivity contribution in [3.05, 3.63) is 34.9 Å². The first-order valence-electron chi connectivity index (χ1n) is 6.06. The molecule has 96 valence electrons. The Morgan fingerprint density at radius 1 is 1.35 bits per heavy atom. The minimum atomic E-state index is 0.161. The van der Waals surface area contributed by atoms with Crippen molar-refractivity contribution in [3.8, 4) is 0 Å². The van der Waals surface area contributed by atoms with Crippen molar-refractivity contribution in [3.63, 3.8) is 0 Å². The second kappa shape index (κ2) is 7.00. The highest BCUT2D eigenvalue weighted by Crippen LogP contribution is 2.16. The van der Waals surface area contributed by atoms with Crippen LogP contribution in [0, 0.1) is 5.41 Å². The normalized spacial score (nSPS) is 11.8. The zero-order valence-electron chi connectivity index (χ0n) is 10.9. The van der Waals surface area contributed by atoms with E-state index >= 15 is 0 Å². The summed E-state index contributed by atoms with van der Waals surface area (Å²) in [6.45, 7) is 9.85. The van der Waals surface area contributed by atoms with Crippen molar-refractivity contribution in [1.29, 1.82) is 0 Å². The molecule has 0 saturated carbocycles. The third-order valence-corrected chi connectivity index (χ3v) is 2.74. The molecule has 0 atom stereocenters. The van der Waals surface area contributed by atoms with E-state index in [4.69, 9.17) is 16.3 Å². The van der Waals surface area contributed by atoms with Gasteiger partial charge in [-0.15, -0.1) is 0 Å². The van der Waals surface area contributed by atoms with E-state index in [-0.39, 0.29) is 5.41 Å². The maximum Gasteiger partial charge on any atom is 0.0717 e. The predicted molar refractivity (Wildman–Crippen MR) is 73.4 cm³/mol. The van der Waals surface area contributed by atoms with Crippen LogP contribution in [-0.2, 0) is 11.3 Å². The van der Waals surface area contributed by atoms with E-state index < -0.39 is 0 Å². The van der Waals surface area contributed by atoms with Gasteiger partial charge in [0.15, 0.2) is 0 Å². The van der Waals surface area contributed by atoms with Crippen LogP contribution in [0.5, 0.6) is 0 Å². The third-order valence-electron chi connectivity index (χ3n) is 2.50. The topological polar surface area (TPSA) is 21.3 Å². The van der Waals surface area contributed by atoms with Gasteiger partial charge in [-0.3, -0.25) is 0 Å². The predicted octanol–water partition coefficient (Wildman–Crippen LogP) is 3.49. The Balaban J connectivity index is 2.32. The van der Waals surface area contributed by atoms with Crippen molar-refractivity contribution in [2.75, 3.05) is 19.7 Å². The molecular formula is C14H22ClNO. The number of nitrogens with one attached hydrogen (secondary N) is 1. The van der Waals surface area contributed by atoms with E-state index in [9.17, 15) is 0 Å². The molecule has 2 nitrogen and oxygen atoms in total. The summed E-state index contributed by atoms with van der Waals surface area (Å²) >= 11 is 5.92. The summed E-state index contributed by atoms with van der Waals surface area (Å²) in [5, 5.41) is 4.11. The maximum absolute atomic E-state index is 5.92. The first-order valence-corrected chi connectivity index (χ1v) is 6.44. The van der Waals surface area contributed by atoms with Crippen LogP contribution >= 0.6 is 11.6 Å². The largest absolute Gasteiger partial charge is 0.376 e. The molecule has 1 aromatic rings. The minimum Gasteiger partial charge on any atom is -0.376 e. The second-order valence-electron chi connectivity index (χ2n) is 5.07. The van der Waals surface area contributed by atoms with E-state index in [0.717, 1.165) is 30.3 Å². The quantitative estimate of drug-likeness (QED) is 0.805. The Hall–Kier alpha value is -0.570. The molecule has 0 amide bonds. The molecule has 1 rings (SSSR count). The Labute approximate surface area is 109 Å². The molecular weight excluding hydrogens is 234 g/mol. The average molecular weight is 256 g/mol. The Morgan fingerprint density at radius 2 is 2.12 bits per heavy atom. The van der Waals surface area contributed by atoms with E-state index in [1.165, 1.54) is 0 Å². The van der Waals surface area contributed by atoms with Gasteiger partial charge in [-0.2, -0.15) is 0 Å². The SMILES string of the molecule is CCNCC(C)(C)COCc1cccc(Cl)c1. The fourth-order valence-electron chi connectivity index (χ4n) is 1.59. The number of benzene rings is 1. The number of hydrogen-bond acceptors (Lipinski definition) is 2. The minimum absolute atomic E-state index is 0.161. The van der Waals surface area contributed by atoms with Crippen LogP contribution in [0.1, 0.15) is 26.3 Å². The summed E-state index contributed by atoms with van der Waals surface area (Å²) in [6, 6.07) is 7.80. The monoisotopic (exact) mass is 255 g/mol. The van der Waals surface area contributed by atoms with Crippen molar-refractivity contribution in [2.45, 2.75) is 27.4 Å². The van der Waals surface area contributed by atoms with Crippen LogP contribution in [0.4, 0.5) is 0 Å². The van der Waals surface area contributed by atoms with Gasteiger partial charge in [0, 0.05) is 17.0 Å². The van der Waals surface area contributed by atoms with Crippen LogP contribution in [0.2, 0.25) is 5.02 Å². The summed E-state index contributed by atoms with van der Waals surface area (Å²) in [6.07, 6.45) is 0. The number of ether oxygens (including phenoxy) is 1. The second-order valence-corrected chi connectivity index (χ2v) is 5.50. The fourth-order valence-corrected chi connectivity index (χ4v) is 1.80. The zero-order valence-corrected chi connectivity index (χ0v) is 11.7. The van der Waals surface area contributed by atoms with Gasteiger partial charge in [0.25, 0.3) is 0 Å². The lowest BCUT2D eigenvalue weighted by Gasteiger charge is -2.24. The Bertz CT molecular complexity index is 339. The van der Waals surface area contributed by atoms with Gasteiger partial charge in [-0.05, 0) is 24.2 Å². The zero-order chi connectivity index (χ0) is 12.7. The number of rotatable bonds is 7. The molecule has 3 heteroatoms. The highest BCUT2D eigenvalue weighted by Gasteiger charge is 2.17. The van der Waals surface area contributed by atoms with Gasteiger partial charge in [-0.1, -0.05) is 44.5 Å². The summed E-state index contributed by atoms with van der Waals surface area (Å²) in [5.74, 6) is 0. The van der Waals surface area contributed by atoms with Gasteiger partial charge < -0.3 is 10.1 Å². The Kier molecular flexibility index (Phi) is 5.96. The summed E-state index contributed by atoms with van der Waals surface area (Å²) < 4.78 is 5.74. The molecule has 0 aromatic heterocycles. The molecule has 0 radical (unpaired) electrons.